The highest BCUT2D eigenvalue weighted by Crippen LogP contribution is 2.10. The van der Waals surface area contributed by atoms with E-state index in [1.54, 1.807) is 7.11 Å². The Bertz CT molecular complexity index is 619. The van der Waals surface area contributed by atoms with Gasteiger partial charge in [0.05, 0.1) is 0 Å². The molecule has 116 valence electrons. The maximum Gasteiger partial charge on any atom is 0.274 e. The monoisotopic (exact) mass is 304 g/mol. The van der Waals surface area contributed by atoms with E-state index in [2.05, 4.69) is 20.6 Å². The van der Waals surface area contributed by atoms with E-state index < -0.39 is 0 Å². The molecule has 0 radical (unpaired) electrons. The van der Waals surface area contributed by atoms with Crippen molar-refractivity contribution in [2.75, 3.05) is 30.9 Å². The van der Waals surface area contributed by atoms with Crippen LogP contribution in [0.5, 0.6) is 0 Å². The smallest absolute Gasteiger partial charge is 0.274 e. The summed E-state index contributed by atoms with van der Waals surface area (Å²) in [6.45, 7) is 1.29. The van der Waals surface area contributed by atoms with E-state index in [-0.39, 0.29) is 17.4 Å². The first-order chi connectivity index (χ1) is 10.7. The van der Waals surface area contributed by atoms with Crippen molar-refractivity contribution in [1.82, 2.24) is 9.97 Å². The number of hydrogen-bond acceptors (Lipinski definition) is 5. The fourth-order valence-corrected chi connectivity index (χ4v) is 1.72. The van der Waals surface area contributed by atoms with Gasteiger partial charge in [-0.2, -0.15) is 0 Å². The maximum absolute atomic E-state index is 12.8. The second-order valence-corrected chi connectivity index (χ2v) is 4.50. The number of hydrogen-bond donors (Lipinski definition) is 2. The van der Waals surface area contributed by atoms with Crippen molar-refractivity contribution >= 4 is 17.5 Å². The second kappa shape index (κ2) is 8.04. The SMILES string of the molecule is COCCCNc1nccc(C(=O)Nc2ccc(F)cc2)n1. The van der Waals surface area contributed by atoms with E-state index in [4.69, 9.17) is 4.74 Å². The molecule has 7 heteroatoms. The summed E-state index contributed by atoms with van der Waals surface area (Å²) in [5, 5.41) is 5.66. The zero-order valence-electron chi connectivity index (χ0n) is 12.2. The highest BCUT2D eigenvalue weighted by molar-refractivity contribution is 6.02. The third-order valence-corrected chi connectivity index (χ3v) is 2.80. The lowest BCUT2D eigenvalue weighted by Crippen LogP contribution is -2.16. The molecule has 0 fully saturated rings. The molecule has 0 spiro atoms. The van der Waals surface area contributed by atoms with E-state index in [0.29, 0.717) is 24.8 Å². The van der Waals surface area contributed by atoms with Crippen LogP contribution in [-0.2, 0) is 4.74 Å². The summed E-state index contributed by atoms with van der Waals surface area (Å²) in [5.74, 6) is -0.362. The number of benzene rings is 1. The molecule has 6 nitrogen and oxygen atoms in total. The first-order valence-corrected chi connectivity index (χ1v) is 6.82. The summed E-state index contributed by atoms with van der Waals surface area (Å²) in [4.78, 5) is 20.3. The fourth-order valence-electron chi connectivity index (χ4n) is 1.72. The third-order valence-electron chi connectivity index (χ3n) is 2.80. The molecular weight excluding hydrogens is 287 g/mol. The Balaban J connectivity index is 1.96. The molecule has 1 amide bonds. The van der Waals surface area contributed by atoms with Gasteiger partial charge in [0.15, 0.2) is 0 Å². The van der Waals surface area contributed by atoms with Gasteiger partial charge in [-0.05, 0) is 36.8 Å². The Morgan fingerprint density at radius 3 is 2.77 bits per heavy atom. The number of nitrogens with one attached hydrogen (secondary N) is 2. The molecule has 2 N–H and O–H groups in total. The third kappa shape index (κ3) is 4.78. The van der Waals surface area contributed by atoms with E-state index in [1.165, 1.54) is 36.5 Å². The lowest BCUT2D eigenvalue weighted by atomic mass is 10.3. The van der Waals surface area contributed by atoms with Crippen LogP contribution in [0.25, 0.3) is 0 Å². The average Bonchev–Trinajstić information content (AvgIpc) is 2.54. The minimum Gasteiger partial charge on any atom is -0.385 e. The van der Waals surface area contributed by atoms with Gasteiger partial charge in [0.25, 0.3) is 5.91 Å². The standard InChI is InChI=1S/C15H17FN4O2/c1-22-10-2-8-17-15-18-9-7-13(20-15)14(21)19-12-5-3-11(16)4-6-12/h3-7,9H,2,8,10H2,1H3,(H,19,21)(H,17,18,20). The van der Waals surface area contributed by atoms with Crippen LogP contribution in [0.2, 0.25) is 0 Å². The Kier molecular flexibility index (Phi) is 5.79. The predicted octanol–water partition coefficient (Wildman–Crippen LogP) is 2.32. The maximum atomic E-state index is 12.8. The van der Waals surface area contributed by atoms with Crippen LogP contribution >= 0.6 is 0 Å². The highest BCUT2D eigenvalue weighted by Gasteiger charge is 2.09. The molecular formula is C15H17FN4O2. The van der Waals surface area contributed by atoms with E-state index >= 15 is 0 Å². The summed E-state index contributed by atoms with van der Waals surface area (Å²) in [7, 11) is 1.64. The molecule has 0 aliphatic rings. The van der Waals surface area contributed by atoms with Crippen molar-refractivity contribution in [3.63, 3.8) is 0 Å². The van der Waals surface area contributed by atoms with Crippen LogP contribution in [0, 0.1) is 5.82 Å². The minimum absolute atomic E-state index is 0.230. The lowest BCUT2D eigenvalue weighted by molar-refractivity contribution is 0.102. The van der Waals surface area contributed by atoms with E-state index in [0.717, 1.165) is 6.42 Å². The number of aromatic nitrogens is 2. The largest absolute Gasteiger partial charge is 0.385 e. The topological polar surface area (TPSA) is 76.1 Å². The fraction of sp³-hybridized carbons (Fsp3) is 0.267. The zero-order chi connectivity index (χ0) is 15.8. The first-order valence-electron chi connectivity index (χ1n) is 6.82. The number of rotatable bonds is 7. The number of halogens is 1. The molecule has 0 bridgehead atoms. The van der Waals surface area contributed by atoms with Crippen LogP contribution in [-0.4, -0.2) is 36.1 Å². The normalized spacial score (nSPS) is 10.3. The van der Waals surface area contributed by atoms with Crippen LogP contribution in [0.4, 0.5) is 16.0 Å². The van der Waals surface area contributed by atoms with Gasteiger partial charge >= 0.3 is 0 Å². The van der Waals surface area contributed by atoms with Crippen molar-refractivity contribution in [2.24, 2.45) is 0 Å². The second-order valence-electron chi connectivity index (χ2n) is 4.50. The molecule has 2 rings (SSSR count). The van der Waals surface area contributed by atoms with E-state index in [1.807, 2.05) is 0 Å². The quantitative estimate of drug-likeness (QED) is 0.768. The van der Waals surface area contributed by atoms with Gasteiger partial charge in [-0.15, -0.1) is 0 Å². The van der Waals surface area contributed by atoms with Crippen LogP contribution in [0.3, 0.4) is 0 Å². The zero-order valence-corrected chi connectivity index (χ0v) is 12.2. The molecule has 0 aliphatic carbocycles. The summed E-state index contributed by atoms with van der Waals surface area (Å²) in [6, 6.07) is 7.03. The van der Waals surface area contributed by atoms with Crippen molar-refractivity contribution in [1.29, 1.82) is 0 Å². The Morgan fingerprint density at radius 2 is 2.05 bits per heavy atom. The molecule has 1 aromatic heterocycles. The molecule has 1 aromatic carbocycles. The number of nitrogens with zero attached hydrogens (tertiary/aromatic N) is 2. The number of anilines is 2. The van der Waals surface area contributed by atoms with Gasteiger partial charge in [-0.25, -0.2) is 14.4 Å². The molecule has 2 aromatic rings. The van der Waals surface area contributed by atoms with Crippen LogP contribution < -0.4 is 10.6 Å². The first kappa shape index (κ1) is 15.8. The summed E-state index contributed by atoms with van der Waals surface area (Å²) in [5.41, 5.74) is 0.730. The summed E-state index contributed by atoms with van der Waals surface area (Å²) < 4.78 is 17.8. The van der Waals surface area contributed by atoms with Gasteiger partial charge in [-0.3, -0.25) is 4.79 Å². The number of carbonyl (C=O) groups is 1. The minimum atomic E-state index is -0.381. The van der Waals surface area contributed by atoms with Gasteiger partial charge in [0.2, 0.25) is 5.95 Å². The molecule has 0 aliphatic heterocycles. The Labute approximate surface area is 127 Å². The highest BCUT2D eigenvalue weighted by atomic mass is 19.1. The van der Waals surface area contributed by atoms with Gasteiger partial charge in [0, 0.05) is 32.1 Å². The molecule has 0 saturated carbocycles. The molecule has 22 heavy (non-hydrogen) atoms. The van der Waals surface area contributed by atoms with Crippen molar-refractivity contribution in [2.45, 2.75) is 6.42 Å². The van der Waals surface area contributed by atoms with E-state index in [9.17, 15) is 9.18 Å². The summed E-state index contributed by atoms with van der Waals surface area (Å²) in [6.07, 6.45) is 2.32. The molecule has 0 atom stereocenters. The Hall–Kier alpha value is -2.54. The van der Waals surface area contributed by atoms with Crippen molar-refractivity contribution in [3.8, 4) is 0 Å². The van der Waals surface area contributed by atoms with Crippen molar-refractivity contribution < 1.29 is 13.9 Å². The average molecular weight is 304 g/mol. The molecule has 1 heterocycles. The number of ether oxygens (including phenoxy) is 1. The van der Waals surface area contributed by atoms with Gasteiger partial charge in [0.1, 0.15) is 11.5 Å². The Morgan fingerprint density at radius 1 is 1.27 bits per heavy atom. The van der Waals surface area contributed by atoms with Gasteiger partial charge < -0.3 is 15.4 Å². The van der Waals surface area contributed by atoms with Crippen LogP contribution in [0.15, 0.2) is 36.5 Å². The molecule has 0 unspecified atom stereocenters. The van der Waals surface area contributed by atoms with Gasteiger partial charge in [-0.1, -0.05) is 0 Å². The number of carbonyl (C=O) groups excluding carboxylic acids is 1. The van der Waals surface area contributed by atoms with Crippen molar-refractivity contribution in [3.05, 3.63) is 48.0 Å². The summed E-state index contributed by atoms with van der Waals surface area (Å²) >= 11 is 0. The molecule has 0 saturated heterocycles. The van der Waals surface area contributed by atoms with Crippen LogP contribution in [0.1, 0.15) is 16.9 Å². The number of amides is 1. The number of methoxy groups -OCH3 is 1. The lowest BCUT2D eigenvalue weighted by Gasteiger charge is -2.07. The predicted molar refractivity (Wildman–Crippen MR) is 81.4 cm³/mol.